The van der Waals surface area contributed by atoms with Gasteiger partial charge in [-0.05, 0) is 25.4 Å². The van der Waals surface area contributed by atoms with Crippen LogP contribution in [0.15, 0.2) is 0 Å². The van der Waals surface area contributed by atoms with Gasteiger partial charge < -0.3 is 16.0 Å². The van der Waals surface area contributed by atoms with Gasteiger partial charge in [0.2, 0.25) is 11.8 Å². The van der Waals surface area contributed by atoms with Gasteiger partial charge in [-0.1, -0.05) is 27.7 Å². The molecular formula is C15H30N4O2. The van der Waals surface area contributed by atoms with Crippen molar-refractivity contribution in [2.75, 3.05) is 32.7 Å². The van der Waals surface area contributed by atoms with Crippen LogP contribution in [0.25, 0.3) is 0 Å². The molecule has 0 aliphatic carbocycles. The maximum Gasteiger partial charge on any atom is 0.242 e. The van der Waals surface area contributed by atoms with E-state index in [1.165, 1.54) is 0 Å². The molecule has 1 unspecified atom stereocenters. The molecule has 0 aromatic rings. The van der Waals surface area contributed by atoms with Gasteiger partial charge in [-0.2, -0.15) is 0 Å². The van der Waals surface area contributed by atoms with Crippen molar-refractivity contribution in [3.63, 3.8) is 0 Å². The number of nitrogens with two attached hydrogens (primary N) is 1. The first-order valence-electron chi connectivity index (χ1n) is 7.95. The van der Waals surface area contributed by atoms with Crippen LogP contribution in [0.3, 0.4) is 0 Å². The molecule has 0 spiro atoms. The summed E-state index contributed by atoms with van der Waals surface area (Å²) in [5, 5.41) is 2.64. The Hall–Kier alpha value is -1.14. The van der Waals surface area contributed by atoms with Crippen molar-refractivity contribution in [3.05, 3.63) is 0 Å². The van der Waals surface area contributed by atoms with Crippen LogP contribution >= 0.6 is 0 Å². The monoisotopic (exact) mass is 298 g/mol. The van der Waals surface area contributed by atoms with Gasteiger partial charge in [-0.15, -0.1) is 0 Å². The number of rotatable bonds is 7. The Morgan fingerprint density at radius 1 is 1.33 bits per heavy atom. The normalized spacial score (nSPS) is 20.1. The first-order valence-corrected chi connectivity index (χ1v) is 7.95. The molecule has 3 N–H and O–H groups in total. The number of likely N-dealkylation sites (tertiary alicyclic amines) is 1. The second-order valence-electron chi connectivity index (χ2n) is 5.99. The molecule has 1 saturated heterocycles. The zero-order chi connectivity index (χ0) is 16.0. The number of amides is 2. The van der Waals surface area contributed by atoms with Crippen LogP contribution in [-0.2, 0) is 9.59 Å². The summed E-state index contributed by atoms with van der Waals surface area (Å²) < 4.78 is 0. The third-order valence-corrected chi connectivity index (χ3v) is 4.28. The topological polar surface area (TPSA) is 78.7 Å². The minimum atomic E-state index is -0.556. The van der Waals surface area contributed by atoms with Gasteiger partial charge in [-0.25, -0.2) is 0 Å². The van der Waals surface area contributed by atoms with Gasteiger partial charge in [0.05, 0.1) is 12.6 Å². The molecule has 0 bridgehead atoms. The number of hydrogen-bond acceptors (Lipinski definition) is 4. The Bertz CT molecular complexity index is 356. The first-order chi connectivity index (χ1) is 9.90. The molecule has 122 valence electrons. The van der Waals surface area contributed by atoms with Gasteiger partial charge in [0.25, 0.3) is 0 Å². The number of carbonyl (C=O) groups is 2. The molecule has 1 fully saturated rings. The second-order valence-corrected chi connectivity index (χ2v) is 5.99. The van der Waals surface area contributed by atoms with Crippen molar-refractivity contribution in [1.29, 1.82) is 0 Å². The summed E-state index contributed by atoms with van der Waals surface area (Å²) in [7, 11) is 0. The van der Waals surface area contributed by atoms with Gasteiger partial charge in [0.15, 0.2) is 0 Å². The molecule has 1 heterocycles. The molecule has 6 nitrogen and oxygen atoms in total. The van der Waals surface area contributed by atoms with Crippen LogP contribution in [0, 0.1) is 5.92 Å². The van der Waals surface area contributed by atoms with E-state index < -0.39 is 6.04 Å². The lowest BCUT2D eigenvalue weighted by Gasteiger charge is -2.26. The molecule has 0 aromatic carbocycles. The van der Waals surface area contributed by atoms with Crippen molar-refractivity contribution >= 4 is 11.8 Å². The predicted molar refractivity (Wildman–Crippen MR) is 83.7 cm³/mol. The molecule has 2 atom stereocenters. The van der Waals surface area contributed by atoms with E-state index in [-0.39, 0.29) is 24.3 Å². The molecule has 0 radical (unpaired) electrons. The fourth-order valence-corrected chi connectivity index (χ4v) is 2.70. The number of carbonyl (C=O) groups excluding carboxylic acids is 2. The summed E-state index contributed by atoms with van der Waals surface area (Å²) >= 11 is 0. The van der Waals surface area contributed by atoms with Crippen molar-refractivity contribution < 1.29 is 9.59 Å². The van der Waals surface area contributed by atoms with Crippen LogP contribution in [0.2, 0.25) is 0 Å². The zero-order valence-corrected chi connectivity index (χ0v) is 13.8. The Morgan fingerprint density at radius 3 is 2.48 bits per heavy atom. The van der Waals surface area contributed by atoms with Crippen molar-refractivity contribution in [2.45, 2.75) is 46.2 Å². The quantitative estimate of drug-likeness (QED) is 0.695. The zero-order valence-electron chi connectivity index (χ0n) is 13.8. The maximum absolute atomic E-state index is 12.1. The van der Waals surface area contributed by atoms with Gasteiger partial charge >= 0.3 is 0 Å². The highest BCUT2D eigenvalue weighted by molar-refractivity contribution is 5.87. The summed E-state index contributed by atoms with van der Waals surface area (Å²) in [5.41, 5.74) is 5.75. The van der Waals surface area contributed by atoms with Gasteiger partial charge in [0, 0.05) is 19.1 Å². The molecule has 21 heavy (non-hydrogen) atoms. The highest BCUT2D eigenvalue weighted by atomic mass is 16.2. The number of nitrogens with zero attached hydrogens (tertiary/aromatic N) is 2. The molecule has 0 aromatic heterocycles. The summed E-state index contributed by atoms with van der Waals surface area (Å²) in [6.07, 6.45) is 1.01. The third-order valence-electron chi connectivity index (χ3n) is 4.28. The van der Waals surface area contributed by atoms with Crippen LogP contribution in [0.5, 0.6) is 0 Å². The lowest BCUT2D eigenvalue weighted by molar-refractivity contribution is -0.132. The first kappa shape index (κ1) is 17.9. The molecule has 2 amide bonds. The van der Waals surface area contributed by atoms with Crippen molar-refractivity contribution in [2.24, 2.45) is 11.7 Å². The summed E-state index contributed by atoms with van der Waals surface area (Å²) in [4.78, 5) is 28.1. The fourth-order valence-electron chi connectivity index (χ4n) is 2.70. The van der Waals surface area contributed by atoms with E-state index in [4.69, 9.17) is 5.73 Å². The summed E-state index contributed by atoms with van der Waals surface area (Å²) in [6, 6.07) is -0.114. The van der Waals surface area contributed by atoms with Crippen LogP contribution in [0.4, 0.5) is 0 Å². The Kier molecular flexibility index (Phi) is 7.11. The third kappa shape index (κ3) is 4.97. The van der Waals surface area contributed by atoms with E-state index in [0.717, 1.165) is 32.6 Å². The van der Waals surface area contributed by atoms with Crippen LogP contribution in [-0.4, -0.2) is 66.4 Å². The predicted octanol–water partition coefficient (Wildman–Crippen LogP) is 0.0286. The molecule has 6 heteroatoms. The maximum atomic E-state index is 12.1. The Morgan fingerprint density at radius 2 is 1.95 bits per heavy atom. The average molecular weight is 298 g/mol. The highest BCUT2D eigenvalue weighted by Gasteiger charge is 2.29. The van der Waals surface area contributed by atoms with E-state index >= 15 is 0 Å². The number of hydrogen-bond donors (Lipinski definition) is 2. The van der Waals surface area contributed by atoms with Crippen molar-refractivity contribution in [1.82, 2.24) is 15.1 Å². The van der Waals surface area contributed by atoms with Gasteiger partial charge in [-0.3, -0.25) is 14.5 Å². The standard InChI is InChI=1S/C15H30N4O2/c1-5-18(6-2)12-7-8-19(10-12)13(20)9-17-15(21)14(16)11(3)4/h11-12,14H,5-10,16H2,1-4H3,(H,17,21)/t12?,14-/m0/s1. The van der Waals surface area contributed by atoms with E-state index in [0.29, 0.717) is 6.04 Å². The lowest BCUT2D eigenvalue weighted by atomic mass is 10.1. The lowest BCUT2D eigenvalue weighted by Crippen LogP contribution is -2.48. The average Bonchev–Trinajstić information content (AvgIpc) is 2.94. The van der Waals surface area contributed by atoms with Gasteiger partial charge in [0.1, 0.15) is 0 Å². The molecular weight excluding hydrogens is 268 g/mol. The molecule has 1 rings (SSSR count). The minimum absolute atomic E-state index is 0.0195. The summed E-state index contributed by atoms with van der Waals surface area (Å²) in [6.45, 7) is 11.6. The SMILES string of the molecule is CCN(CC)C1CCN(C(=O)CNC(=O)[C@@H](N)C(C)C)C1. The van der Waals surface area contributed by atoms with Crippen LogP contribution < -0.4 is 11.1 Å². The molecule has 1 aliphatic heterocycles. The number of nitrogens with one attached hydrogen (secondary N) is 1. The highest BCUT2D eigenvalue weighted by Crippen LogP contribution is 2.15. The van der Waals surface area contributed by atoms with E-state index in [1.807, 2.05) is 18.7 Å². The second kappa shape index (κ2) is 8.34. The van der Waals surface area contributed by atoms with E-state index in [2.05, 4.69) is 24.1 Å². The fraction of sp³-hybridized carbons (Fsp3) is 0.867. The van der Waals surface area contributed by atoms with E-state index in [9.17, 15) is 9.59 Å². The number of likely N-dealkylation sites (N-methyl/N-ethyl adjacent to an activating group) is 1. The molecule has 0 saturated carbocycles. The smallest absolute Gasteiger partial charge is 0.242 e. The largest absolute Gasteiger partial charge is 0.346 e. The van der Waals surface area contributed by atoms with E-state index in [1.54, 1.807) is 0 Å². The Balaban J connectivity index is 2.39. The summed E-state index contributed by atoms with van der Waals surface area (Å²) in [5.74, 6) is -0.203. The van der Waals surface area contributed by atoms with Crippen LogP contribution in [0.1, 0.15) is 34.1 Å². The van der Waals surface area contributed by atoms with Crippen molar-refractivity contribution in [3.8, 4) is 0 Å². The Labute approximate surface area is 128 Å². The molecule has 1 aliphatic rings. The minimum Gasteiger partial charge on any atom is -0.346 e.